The molecule has 3 aromatic rings. The van der Waals surface area contributed by atoms with Crippen molar-refractivity contribution in [3.05, 3.63) is 52.6 Å². The minimum Gasteiger partial charge on any atom is -0.486 e. The molecule has 1 N–H and O–H groups in total. The molecule has 194 valence electrons. The van der Waals surface area contributed by atoms with Crippen LogP contribution in [0.5, 0.6) is 11.5 Å². The lowest BCUT2D eigenvalue weighted by Crippen LogP contribution is -2.40. The van der Waals surface area contributed by atoms with Crippen LogP contribution in [-0.4, -0.2) is 85.3 Å². The molecule has 12 heteroatoms. The summed E-state index contributed by atoms with van der Waals surface area (Å²) in [7, 11) is -1.89. The van der Waals surface area contributed by atoms with Crippen LogP contribution >= 0.6 is 11.7 Å². The third kappa shape index (κ3) is 4.17. The number of hydrogen-bond donors (Lipinski definition) is 1. The van der Waals surface area contributed by atoms with E-state index in [1.807, 2.05) is 31.0 Å². The number of ether oxygens (including phenoxy) is 2. The fourth-order valence-electron chi connectivity index (χ4n) is 5.25. The summed E-state index contributed by atoms with van der Waals surface area (Å²) in [6, 6.07) is 8.68. The van der Waals surface area contributed by atoms with Gasteiger partial charge in [0.25, 0.3) is 0 Å². The molecule has 1 unspecified atom stereocenters. The zero-order valence-electron chi connectivity index (χ0n) is 20.6. The first-order valence-corrected chi connectivity index (χ1v) is 14.3. The fraction of sp³-hybridized carbons (Fsp3) is 0.400. The lowest BCUT2D eigenvalue weighted by atomic mass is 9.94. The monoisotopic (exact) mass is 541 g/mol. The Labute approximate surface area is 219 Å². The molecule has 1 amide bonds. The van der Waals surface area contributed by atoms with Gasteiger partial charge < -0.3 is 19.7 Å². The fourth-order valence-corrected chi connectivity index (χ4v) is 7.32. The lowest BCUT2D eigenvalue weighted by Gasteiger charge is -2.27. The molecule has 3 aliphatic heterocycles. The maximum atomic E-state index is 13.7. The van der Waals surface area contributed by atoms with Gasteiger partial charge in [-0.25, -0.2) is 8.42 Å². The molecule has 0 bridgehead atoms. The van der Waals surface area contributed by atoms with Crippen LogP contribution in [0.25, 0.3) is 11.0 Å². The van der Waals surface area contributed by atoms with Gasteiger partial charge in [-0.3, -0.25) is 4.79 Å². The van der Waals surface area contributed by atoms with Gasteiger partial charge in [-0.2, -0.15) is 13.1 Å². The van der Waals surface area contributed by atoms with Gasteiger partial charge in [-0.05, 0) is 48.4 Å². The van der Waals surface area contributed by atoms with E-state index in [1.165, 1.54) is 10.4 Å². The van der Waals surface area contributed by atoms with Crippen molar-refractivity contribution in [1.82, 2.24) is 23.3 Å². The highest BCUT2D eigenvalue weighted by molar-refractivity contribution is 7.89. The highest BCUT2D eigenvalue weighted by atomic mass is 32.2. The molecule has 3 aliphatic rings. The Balaban J connectivity index is 1.18. The number of nitrogens with zero attached hydrogens (tertiary/aromatic N) is 4. The normalized spacial score (nSPS) is 18.5. The maximum Gasteiger partial charge on any atom is 0.243 e. The number of fused-ring (bicyclic) bond motifs is 2. The summed E-state index contributed by atoms with van der Waals surface area (Å²) in [5.41, 5.74) is 5.48. The molecule has 1 atom stereocenters. The van der Waals surface area contributed by atoms with Gasteiger partial charge in [0, 0.05) is 38.8 Å². The van der Waals surface area contributed by atoms with Crippen LogP contribution < -0.4 is 14.8 Å². The van der Waals surface area contributed by atoms with E-state index in [1.54, 1.807) is 12.1 Å². The van der Waals surface area contributed by atoms with E-state index < -0.39 is 15.9 Å². The SMILES string of the molecule is CNCC(C(=O)N1CC2=C(C1)CN(S(=O)(=O)c1ccc3c(c1)OCCO3)C2)c1ccc(C)c2nsnc12. The summed E-state index contributed by atoms with van der Waals surface area (Å²) in [5, 5.41) is 3.15. The first kappa shape index (κ1) is 24.3. The van der Waals surface area contributed by atoms with Crippen molar-refractivity contribution in [3.8, 4) is 11.5 Å². The average molecular weight is 542 g/mol. The zero-order valence-corrected chi connectivity index (χ0v) is 22.2. The first-order valence-electron chi connectivity index (χ1n) is 12.1. The van der Waals surface area contributed by atoms with E-state index in [0.717, 1.165) is 45.0 Å². The molecule has 0 fully saturated rings. The smallest absolute Gasteiger partial charge is 0.243 e. The van der Waals surface area contributed by atoms with Crippen LogP contribution in [0.15, 0.2) is 46.4 Å². The number of aryl methyl sites for hydroxylation is 1. The predicted octanol–water partition coefficient (Wildman–Crippen LogP) is 1.92. The van der Waals surface area contributed by atoms with E-state index in [2.05, 4.69) is 14.1 Å². The number of carbonyl (C=O) groups excluding carboxylic acids is 1. The molecule has 0 saturated carbocycles. The molecule has 10 nitrogen and oxygen atoms in total. The number of nitrogens with one attached hydrogen (secondary N) is 1. The second kappa shape index (κ2) is 9.35. The minimum absolute atomic E-state index is 0.00291. The number of rotatable bonds is 6. The van der Waals surface area contributed by atoms with Crippen molar-refractivity contribution < 1.29 is 22.7 Å². The molecule has 0 spiro atoms. The number of hydrogen-bond acceptors (Lipinski definition) is 9. The molecule has 1 aromatic heterocycles. The van der Waals surface area contributed by atoms with E-state index in [9.17, 15) is 13.2 Å². The second-order valence-electron chi connectivity index (χ2n) is 9.52. The van der Waals surface area contributed by atoms with Crippen molar-refractivity contribution in [2.75, 3.05) is 53.0 Å². The first-order chi connectivity index (χ1) is 17.9. The zero-order chi connectivity index (χ0) is 25.7. The van der Waals surface area contributed by atoms with E-state index >= 15 is 0 Å². The van der Waals surface area contributed by atoms with Crippen molar-refractivity contribution in [2.45, 2.75) is 17.7 Å². The van der Waals surface area contributed by atoms with Crippen LogP contribution in [0.1, 0.15) is 17.0 Å². The summed E-state index contributed by atoms with van der Waals surface area (Å²) in [6.45, 7) is 4.69. The molecule has 0 radical (unpaired) electrons. The van der Waals surface area contributed by atoms with E-state index in [-0.39, 0.29) is 23.9 Å². The Morgan fingerprint density at radius 1 is 1.03 bits per heavy atom. The van der Waals surface area contributed by atoms with Gasteiger partial charge in [0.2, 0.25) is 15.9 Å². The number of likely N-dealkylation sites (N-methyl/N-ethyl adjacent to an activating group) is 1. The van der Waals surface area contributed by atoms with Crippen LogP contribution in [0.2, 0.25) is 0 Å². The number of aromatic nitrogens is 2. The van der Waals surface area contributed by atoms with Crippen LogP contribution in [0.3, 0.4) is 0 Å². The maximum absolute atomic E-state index is 13.7. The van der Waals surface area contributed by atoms with E-state index in [4.69, 9.17) is 9.47 Å². The summed E-state index contributed by atoms with van der Waals surface area (Å²) in [6.07, 6.45) is 0. The van der Waals surface area contributed by atoms with Crippen LogP contribution in [-0.2, 0) is 14.8 Å². The Bertz CT molecular complexity index is 1520. The third-order valence-corrected chi connectivity index (χ3v) is 9.51. The third-order valence-electron chi connectivity index (χ3n) is 7.19. The molecular formula is C25H27N5O5S2. The topological polar surface area (TPSA) is 114 Å². The summed E-state index contributed by atoms with van der Waals surface area (Å²) >= 11 is 1.15. The van der Waals surface area contributed by atoms with Crippen LogP contribution in [0, 0.1) is 6.92 Å². The summed E-state index contributed by atoms with van der Waals surface area (Å²) in [5.74, 6) is 0.592. The van der Waals surface area contributed by atoms with Gasteiger partial charge >= 0.3 is 0 Å². The standard InChI is InChI=1S/C25H27N5O5S2/c1-15-3-5-19(24-23(15)27-36-28-24)20(10-26-2)25(31)29-11-16-13-30(14-17(16)12-29)37(32,33)18-4-6-21-22(9-18)35-8-7-34-21/h3-6,9,20,26H,7-8,10-14H2,1-2H3. The lowest BCUT2D eigenvalue weighted by molar-refractivity contribution is -0.131. The van der Waals surface area contributed by atoms with Crippen molar-refractivity contribution in [2.24, 2.45) is 0 Å². The number of amides is 1. The van der Waals surface area contributed by atoms with Gasteiger partial charge in [0.15, 0.2) is 11.5 Å². The van der Waals surface area contributed by atoms with Gasteiger partial charge in [0.1, 0.15) is 24.2 Å². The number of carbonyl (C=O) groups is 1. The molecule has 0 saturated heterocycles. The van der Waals surface area contributed by atoms with Crippen molar-refractivity contribution >= 4 is 38.7 Å². The molecule has 6 rings (SSSR count). The van der Waals surface area contributed by atoms with Crippen LogP contribution in [0.4, 0.5) is 0 Å². The predicted molar refractivity (Wildman–Crippen MR) is 139 cm³/mol. The quantitative estimate of drug-likeness (QED) is 0.471. The van der Waals surface area contributed by atoms with Crippen molar-refractivity contribution in [3.63, 3.8) is 0 Å². The highest BCUT2D eigenvalue weighted by Crippen LogP contribution is 2.36. The van der Waals surface area contributed by atoms with E-state index in [0.29, 0.717) is 44.3 Å². The summed E-state index contributed by atoms with van der Waals surface area (Å²) < 4.78 is 48.2. The number of sulfonamides is 1. The second-order valence-corrected chi connectivity index (χ2v) is 12.0. The average Bonchev–Trinajstić information content (AvgIpc) is 3.63. The Morgan fingerprint density at radius 3 is 2.46 bits per heavy atom. The molecule has 0 aliphatic carbocycles. The molecule has 2 aromatic carbocycles. The van der Waals surface area contributed by atoms with Gasteiger partial charge in [0.05, 0.1) is 22.5 Å². The Kier molecular flexibility index (Phi) is 6.14. The number of benzene rings is 2. The Morgan fingerprint density at radius 2 is 1.73 bits per heavy atom. The van der Waals surface area contributed by atoms with Crippen molar-refractivity contribution in [1.29, 1.82) is 0 Å². The molecule has 4 heterocycles. The van der Waals surface area contributed by atoms with Gasteiger partial charge in [-0.1, -0.05) is 12.1 Å². The molecule has 37 heavy (non-hydrogen) atoms. The Hall–Kier alpha value is -3.06. The minimum atomic E-state index is -3.71. The highest BCUT2D eigenvalue weighted by Gasteiger charge is 2.39. The summed E-state index contributed by atoms with van der Waals surface area (Å²) in [4.78, 5) is 15.7. The van der Waals surface area contributed by atoms with Gasteiger partial charge in [-0.15, -0.1) is 0 Å². The molecular weight excluding hydrogens is 514 g/mol. The largest absolute Gasteiger partial charge is 0.486 e.